The number of unbranched alkanes of at least 4 members (excludes halogenated alkanes) is 1. The molecule has 3 nitrogen and oxygen atoms in total. The van der Waals surface area contributed by atoms with Crippen molar-refractivity contribution in [2.75, 3.05) is 18.7 Å². The molecule has 0 amide bonds. The Morgan fingerprint density at radius 2 is 1.89 bits per heavy atom. The van der Waals surface area contributed by atoms with Gasteiger partial charge in [-0.1, -0.05) is 29.8 Å². The van der Waals surface area contributed by atoms with Gasteiger partial charge in [-0.05, 0) is 24.5 Å². The van der Waals surface area contributed by atoms with Gasteiger partial charge in [-0.3, -0.25) is 0 Å². The van der Waals surface area contributed by atoms with Crippen molar-refractivity contribution in [3.63, 3.8) is 0 Å². The molecule has 0 fully saturated rings. The molecule has 0 aliphatic carbocycles. The van der Waals surface area contributed by atoms with Gasteiger partial charge in [0.25, 0.3) is 0 Å². The normalized spacial score (nSPS) is 12.0. The Morgan fingerprint density at radius 1 is 1.22 bits per heavy atom. The zero-order valence-electron chi connectivity index (χ0n) is 10.3. The molecule has 6 heteroatoms. The maximum Gasteiger partial charge on any atom is 0.214 e. The van der Waals surface area contributed by atoms with Crippen LogP contribution in [0.5, 0.6) is 0 Å². The number of benzene rings is 1. The number of hydrogen-bond acceptors (Lipinski definition) is 2. The lowest BCUT2D eigenvalue weighted by molar-refractivity contribution is 0.465. The molecule has 1 aromatic carbocycles. The van der Waals surface area contributed by atoms with Crippen LogP contribution in [0.25, 0.3) is 0 Å². The molecular weight excluding hydrogens is 293 g/mol. The predicted molar refractivity (Wildman–Crippen MR) is 76.7 cm³/mol. The van der Waals surface area contributed by atoms with E-state index < -0.39 is 10.0 Å². The lowest BCUT2D eigenvalue weighted by Crippen LogP contribution is -2.29. The van der Waals surface area contributed by atoms with E-state index in [2.05, 4.69) is 0 Å². The van der Waals surface area contributed by atoms with Gasteiger partial charge < -0.3 is 0 Å². The maximum absolute atomic E-state index is 12.0. The van der Waals surface area contributed by atoms with E-state index in [1.807, 2.05) is 18.2 Å². The first-order chi connectivity index (χ1) is 8.47. The van der Waals surface area contributed by atoms with Crippen molar-refractivity contribution in [2.24, 2.45) is 0 Å². The molecule has 0 saturated carbocycles. The number of halogens is 2. The Balaban J connectivity index is 2.64. The number of rotatable bonds is 7. The van der Waals surface area contributed by atoms with Crippen LogP contribution >= 0.6 is 23.2 Å². The van der Waals surface area contributed by atoms with E-state index in [-0.39, 0.29) is 5.75 Å². The Bertz CT molecular complexity index is 477. The largest absolute Gasteiger partial charge is 0.214 e. The molecule has 0 aliphatic heterocycles. The van der Waals surface area contributed by atoms with E-state index in [9.17, 15) is 8.42 Å². The first-order valence-electron chi connectivity index (χ1n) is 5.71. The first-order valence-corrected chi connectivity index (χ1v) is 8.23. The molecule has 102 valence electrons. The molecule has 0 spiro atoms. The average Bonchev–Trinajstić information content (AvgIpc) is 2.32. The Labute approximate surface area is 119 Å². The summed E-state index contributed by atoms with van der Waals surface area (Å²) in [5, 5.41) is 0.584. The smallest absolute Gasteiger partial charge is 0.212 e. The number of sulfonamides is 1. The minimum Gasteiger partial charge on any atom is -0.212 e. The van der Waals surface area contributed by atoms with E-state index in [0.29, 0.717) is 30.3 Å². The van der Waals surface area contributed by atoms with Gasteiger partial charge in [-0.2, -0.15) is 0 Å². The van der Waals surface area contributed by atoms with Crippen LogP contribution in [-0.2, 0) is 16.6 Å². The van der Waals surface area contributed by atoms with Crippen LogP contribution in [0.2, 0.25) is 5.02 Å². The van der Waals surface area contributed by atoms with Crippen LogP contribution in [0.3, 0.4) is 0 Å². The second-order valence-electron chi connectivity index (χ2n) is 4.06. The van der Waals surface area contributed by atoms with Gasteiger partial charge in [0.05, 0.1) is 5.75 Å². The SMILES string of the molecule is CN(Cc1ccccc1Cl)S(=O)(=O)CCCCCl. The number of alkyl halides is 1. The zero-order valence-corrected chi connectivity index (χ0v) is 12.6. The van der Waals surface area contributed by atoms with Gasteiger partial charge in [0.1, 0.15) is 0 Å². The van der Waals surface area contributed by atoms with Crippen molar-refractivity contribution in [3.8, 4) is 0 Å². The van der Waals surface area contributed by atoms with Crippen LogP contribution in [0.1, 0.15) is 18.4 Å². The Kier molecular flexibility index (Phi) is 6.43. The van der Waals surface area contributed by atoms with Gasteiger partial charge in [-0.25, -0.2) is 12.7 Å². The topological polar surface area (TPSA) is 37.4 Å². The summed E-state index contributed by atoms with van der Waals surface area (Å²) in [5.74, 6) is 0.615. The van der Waals surface area contributed by atoms with Crippen molar-refractivity contribution in [2.45, 2.75) is 19.4 Å². The van der Waals surface area contributed by atoms with E-state index in [1.54, 1.807) is 13.1 Å². The van der Waals surface area contributed by atoms with Gasteiger partial charge in [0.15, 0.2) is 0 Å². The molecule has 0 aliphatic rings. The fourth-order valence-electron chi connectivity index (χ4n) is 1.50. The summed E-state index contributed by atoms with van der Waals surface area (Å²) in [5.41, 5.74) is 0.808. The van der Waals surface area contributed by atoms with Crippen LogP contribution in [0.15, 0.2) is 24.3 Å². The summed E-state index contributed by atoms with van der Waals surface area (Å²) in [6.07, 6.45) is 1.29. The van der Waals surface area contributed by atoms with Gasteiger partial charge >= 0.3 is 0 Å². The van der Waals surface area contributed by atoms with Crippen molar-refractivity contribution >= 4 is 33.2 Å². The lowest BCUT2D eigenvalue weighted by Gasteiger charge is -2.17. The van der Waals surface area contributed by atoms with Crippen LogP contribution in [0.4, 0.5) is 0 Å². The summed E-state index contributed by atoms with van der Waals surface area (Å²) < 4.78 is 25.3. The molecular formula is C12H17Cl2NO2S. The Hall–Kier alpha value is -0.290. The highest BCUT2D eigenvalue weighted by Crippen LogP contribution is 2.18. The fourth-order valence-corrected chi connectivity index (χ4v) is 3.10. The van der Waals surface area contributed by atoms with Crippen molar-refractivity contribution in [3.05, 3.63) is 34.9 Å². The monoisotopic (exact) mass is 309 g/mol. The van der Waals surface area contributed by atoms with E-state index in [1.165, 1.54) is 4.31 Å². The molecule has 0 saturated heterocycles. The maximum atomic E-state index is 12.0. The standard InChI is InChI=1S/C12H17Cl2NO2S/c1-15(18(16,17)9-5-4-8-13)10-11-6-2-3-7-12(11)14/h2-3,6-7H,4-5,8-10H2,1H3. The lowest BCUT2D eigenvalue weighted by atomic mass is 10.2. The molecule has 0 heterocycles. The quantitative estimate of drug-likeness (QED) is 0.573. The fraction of sp³-hybridized carbons (Fsp3) is 0.500. The highest BCUT2D eigenvalue weighted by Gasteiger charge is 2.18. The van der Waals surface area contributed by atoms with Crippen LogP contribution in [-0.4, -0.2) is 31.4 Å². The number of nitrogens with zero attached hydrogens (tertiary/aromatic N) is 1. The van der Waals surface area contributed by atoms with Gasteiger partial charge in [0, 0.05) is 24.5 Å². The van der Waals surface area contributed by atoms with Crippen molar-refractivity contribution in [1.29, 1.82) is 0 Å². The van der Waals surface area contributed by atoms with Crippen LogP contribution < -0.4 is 0 Å². The molecule has 18 heavy (non-hydrogen) atoms. The summed E-state index contributed by atoms with van der Waals surface area (Å²) in [6.45, 7) is 0.295. The molecule has 0 aromatic heterocycles. The molecule has 0 bridgehead atoms. The third kappa shape index (κ3) is 4.76. The summed E-state index contributed by atoms with van der Waals surface area (Å²) in [6, 6.07) is 7.24. The molecule has 0 N–H and O–H groups in total. The summed E-state index contributed by atoms with van der Waals surface area (Å²) >= 11 is 11.5. The summed E-state index contributed by atoms with van der Waals surface area (Å²) in [7, 11) is -1.66. The summed E-state index contributed by atoms with van der Waals surface area (Å²) in [4.78, 5) is 0. The second kappa shape index (κ2) is 7.34. The van der Waals surface area contributed by atoms with Crippen LogP contribution in [0, 0.1) is 0 Å². The zero-order chi connectivity index (χ0) is 13.6. The van der Waals surface area contributed by atoms with Gasteiger partial charge in [-0.15, -0.1) is 11.6 Å². The molecule has 0 unspecified atom stereocenters. The van der Waals surface area contributed by atoms with E-state index >= 15 is 0 Å². The van der Waals surface area contributed by atoms with E-state index in [0.717, 1.165) is 5.56 Å². The molecule has 1 aromatic rings. The average molecular weight is 310 g/mol. The third-order valence-corrected chi connectivity index (χ3v) is 5.13. The predicted octanol–water partition coefficient (Wildman–Crippen LogP) is 3.12. The highest BCUT2D eigenvalue weighted by atomic mass is 35.5. The van der Waals surface area contributed by atoms with Crippen molar-refractivity contribution in [1.82, 2.24) is 4.31 Å². The van der Waals surface area contributed by atoms with E-state index in [4.69, 9.17) is 23.2 Å². The molecule has 0 atom stereocenters. The first kappa shape index (κ1) is 15.8. The minimum absolute atomic E-state index is 0.126. The third-order valence-electron chi connectivity index (χ3n) is 2.61. The number of hydrogen-bond donors (Lipinski definition) is 0. The molecule has 0 radical (unpaired) electrons. The van der Waals surface area contributed by atoms with Gasteiger partial charge in [0.2, 0.25) is 10.0 Å². The second-order valence-corrected chi connectivity index (χ2v) is 7.04. The highest BCUT2D eigenvalue weighted by molar-refractivity contribution is 7.89. The minimum atomic E-state index is -3.23. The van der Waals surface area contributed by atoms with Crippen molar-refractivity contribution < 1.29 is 8.42 Å². The Morgan fingerprint density at radius 3 is 2.50 bits per heavy atom. The molecule has 1 rings (SSSR count).